The van der Waals surface area contributed by atoms with Crippen molar-refractivity contribution in [2.45, 2.75) is 166 Å². The van der Waals surface area contributed by atoms with Gasteiger partial charge in [-0.1, -0.05) is 27.7 Å². The summed E-state index contributed by atoms with van der Waals surface area (Å²) in [7, 11) is 0. The van der Waals surface area contributed by atoms with Gasteiger partial charge >= 0.3 is 0 Å². The lowest BCUT2D eigenvalue weighted by molar-refractivity contribution is -0.311. The maximum Gasteiger partial charge on any atom is 0.186 e. The fraction of sp³-hybridized carbons (Fsp3) is 1.00. The van der Waals surface area contributed by atoms with Gasteiger partial charge in [-0.25, -0.2) is 0 Å². The minimum atomic E-state index is -1.37. The van der Waals surface area contributed by atoms with Crippen molar-refractivity contribution in [2.24, 2.45) is 44.8 Å². The number of aliphatic hydroxyl groups excluding tert-OH is 6. The van der Waals surface area contributed by atoms with Crippen LogP contribution < -0.4 is 0 Å². The van der Waals surface area contributed by atoms with Gasteiger partial charge in [-0.05, 0) is 117 Å². The Morgan fingerprint density at radius 3 is 2.05 bits per heavy atom. The Bertz CT molecular complexity index is 1160. The van der Waals surface area contributed by atoms with Gasteiger partial charge in [0.2, 0.25) is 0 Å². The van der Waals surface area contributed by atoms with Crippen molar-refractivity contribution in [3.05, 3.63) is 0 Å². The molecule has 9 heteroatoms. The molecule has 44 heavy (non-hydrogen) atoms. The molecule has 0 aromatic rings. The smallest absolute Gasteiger partial charge is 0.186 e. The number of hydrogen-bond acceptors (Lipinski definition) is 9. The Morgan fingerprint density at radius 2 is 1.36 bits per heavy atom. The maximum absolute atomic E-state index is 12.0. The molecule has 7 fully saturated rings. The maximum atomic E-state index is 12.0. The van der Waals surface area contributed by atoms with Crippen molar-refractivity contribution in [1.82, 2.24) is 0 Å². The van der Waals surface area contributed by atoms with Gasteiger partial charge in [-0.2, -0.15) is 0 Å². The third-order valence-electron chi connectivity index (χ3n) is 15.6. The van der Waals surface area contributed by atoms with Crippen LogP contribution in [-0.4, -0.2) is 97.5 Å². The largest absolute Gasteiger partial charge is 0.393 e. The van der Waals surface area contributed by atoms with Crippen molar-refractivity contribution in [3.63, 3.8) is 0 Å². The standard InChI is InChI=1S/C35H58O9/c1-29(2)22(38)9-11-35-17-34(35)13-12-31(5)26(33(7)10-8-23(39)30(3,4)44-33)18(36)15-32(31,6)21(34)14-20(27(29)35)43-28-25(41)24(40)19(37)16-42-28/h18-28,36-41H,8-17H2,1-7H3/t18-,19+,20-,21-,22-,23-,24-,25+,26-,27-,28-,31+,32-,33+,34-,35+/m0/s1. The van der Waals surface area contributed by atoms with E-state index in [1.165, 1.54) is 0 Å². The quantitative estimate of drug-likeness (QED) is 0.261. The minimum Gasteiger partial charge on any atom is -0.393 e. The van der Waals surface area contributed by atoms with Crippen LogP contribution in [0.5, 0.6) is 0 Å². The average molecular weight is 623 g/mol. The summed E-state index contributed by atoms with van der Waals surface area (Å²) in [6.45, 7) is 15.1. The molecule has 2 spiro atoms. The second kappa shape index (κ2) is 9.63. The van der Waals surface area contributed by atoms with Crippen LogP contribution in [0.3, 0.4) is 0 Å². The zero-order valence-corrected chi connectivity index (χ0v) is 27.8. The van der Waals surface area contributed by atoms with E-state index in [9.17, 15) is 30.6 Å². The Morgan fingerprint density at radius 1 is 0.682 bits per heavy atom. The van der Waals surface area contributed by atoms with Crippen LogP contribution in [0.4, 0.5) is 0 Å². The molecule has 252 valence electrons. The molecule has 2 saturated heterocycles. The highest BCUT2D eigenvalue weighted by molar-refractivity contribution is 5.33. The van der Waals surface area contributed by atoms with E-state index >= 15 is 0 Å². The van der Waals surface area contributed by atoms with Crippen molar-refractivity contribution >= 4 is 0 Å². The highest BCUT2D eigenvalue weighted by atomic mass is 16.7. The molecule has 16 atom stereocenters. The first-order valence-electron chi connectivity index (χ1n) is 17.4. The zero-order chi connectivity index (χ0) is 32.0. The highest BCUT2D eigenvalue weighted by Crippen LogP contribution is 2.89. The Kier molecular flexibility index (Phi) is 7.04. The van der Waals surface area contributed by atoms with Crippen molar-refractivity contribution < 1.29 is 44.8 Å². The number of ether oxygens (including phenoxy) is 3. The first-order chi connectivity index (χ1) is 20.3. The van der Waals surface area contributed by atoms with Gasteiger partial charge in [0.05, 0.1) is 42.2 Å². The fourth-order valence-electron chi connectivity index (χ4n) is 13.4. The van der Waals surface area contributed by atoms with Gasteiger partial charge in [0.15, 0.2) is 6.29 Å². The molecule has 0 unspecified atom stereocenters. The Balaban J connectivity index is 1.27. The highest BCUT2D eigenvalue weighted by Gasteiger charge is 2.85. The summed E-state index contributed by atoms with van der Waals surface area (Å²) in [4.78, 5) is 0. The molecule has 0 radical (unpaired) electrons. The second-order valence-electron chi connectivity index (χ2n) is 18.2. The molecule has 2 heterocycles. The third kappa shape index (κ3) is 3.91. The van der Waals surface area contributed by atoms with Gasteiger partial charge < -0.3 is 44.8 Å². The third-order valence-corrected chi connectivity index (χ3v) is 15.6. The fourth-order valence-corrected chi connectivity index (χ4v) is 13.4. The molecule has 0 aromatic heterocycles. The van der Waals surface area contributed by atoms with Crippen LogP contribution >= 0.6 is 0 Å². The van der Waals surface area contributed by atoms with Gasteiger partial charge in [0.1, 0.15) is 18.3 Å². The van der Waals surface area contributed by atoms with E-state index in [1.807, 2.05) is 13.8 Å². The van der Waals surface area contributed by atoms with E-state index in [2.05, 4.69) is 34.6 Å². The monoisotopic (exact) mass is 622 g/mol. The summed E-state index contributed by atoms with van der Waals surface area (Å²) >= 11 is 0. The summed E-state index contributed by atoms with van der Waals surface area (Å²) in [6, 6.07) is 0. The molecule has 6 N–H and O–H groups in total. The number of aliphatic hydroxyl groups is 6. The van der Waals surface area contributed by atoms with E-state index < -0.39 is 59.5 Å². The van der Waals surface area contributed by atoms with Crippen molar-refractivity contribution in [2.75, 3.05) is 6.61 Å². The van der Waals surface area contributed by atoms with Crippen molar-refractivity contribution in [1.29, 1.82) is 0 Å². The van der Waals surface area contributed by atoms with Crippen molar-refractivity contribution in [3.8, 4) is 0 Å². The van der Waals surface area contributed by atoms with Crippen LogP contribution in [0.1, 0.15) is 106 Å². The number of rotatable bonds is 3. The summed E-state index contributed by atoms with van der Waals surface area (Å²) in [5.41, 5.74) is -1.99. The predicted molar refractivity (Wildman–Crippen MR) is 161 cm³/mol. The first kappa shape index (κ1) is 32.2. The van der Waals surface area contributed by atoms with Crippen LogP contribution in [0.2, 0.25) is 0 Å². The SMILES string of the molecule is CC1(C)O[C@@](C)([C@H]2[C@@H](O)C[C@@]3(C)[C@@H]4C[C@H](O[C@@H]5OC[C@@H](O)[C@H](O)[C@H]5O)[C@H]5C(C)(C)[C@@H](O)CC[C@@]56C[C@@]46CC[C@]23C)CC[C@@H]1O. The van der Waals surface area contributed by atoms with Gasteiger partial charge in [0.25, 0.3) is 0 Å². The van der Waals surface area contributed by atoms with E-state index in [0.717, 1.165) is 38.5 Å². The number of hydrogen-bond donors (Lipinski definition) is 6. The second-order valence-corrected chi connectivity index (χ2v) is 18.2. The molecule has 9 nitrogen and oxygen atoms in total. The molecule has 7 aliphatic rings. The van der Waals surface area contributed by atoms with E-state index in [1.54, 1.807) is 0 Å². The summed E-state index contributed by atoms with van der Waals surface area (Å²) in [5.74, 6) is 0.217. The summed E-state index contributed by atoms with van der Waals surface area (Å²) in [6.07, 6.45) is 0.764. The van der Waals surface area contributed by atoms with Gasteiger partial charge in [-0.3, -0.25) is 0 Å². The van der Waals surface area contributed by atoms with Gasteiger partial charge in [0, 0.05) is 5.92 Å². The molecular formula is C35H58O9. The van der Waals surface area contributed by atoms with Gasteiger partial charge in [-0.15, -0.1) is 0 Å². The van der Waals surface area contributed by atoms with E-state index in [4.69, 9.17) is 14.2 Å². The summed E-state index contributed by atoms with van der Waals surface area (Å²) < 4.78 is 19.3. The topological polar surface area (TPSA) is 149 Å². The van der Waals surface area contributed by atoms with Crippen LogP contribution in [0.15, 0.2) is 0 Å². The molecule has 2 aliphatic heterocycles. The summed E-state index contributed by atoms with van der Waals surface area (Å²) in [5, 5.41) is 65.6. The molecular weight excluding hydrogens is 564 g/mol. The zero-order valence-electron chi connectivity index (χ0n) is 27.8. The Labute approximate surface area is 262 Å². The minimum absolute atomic E-state index is 0.00815. The lowest BCUT2D eigenvalue weighted by atomic mass is 9.41. The van der Waals surface area contributed by atoms with E-state index in [0.29, 0.717) is 19.3 Å². The molecule has 5 aliphatic carbocycles. The Hall–Kier alpha value is -0.360. The van der Waals surface area contributed by atoms with Crippen LogP contribution in [0, 0.1) is 44.8 Å². The van der Waals surface area contributed by atoms with E-state index in [-0.39, 0.29) is 52.1 Å². The molecule has 0 amide bonds. The first-order valence-corrected chi connectivity index (χ1v) is 17.4. The molecule has 7 rings (SSSR count). The average Bonchev–Trinajstić information content (AvgIpc) is 3.52. The lowest BCUT2D eigenvalue weighted by Gasteiger charge is -2.65. The van der Waals surface area contributed by atoms with Crippen LogP contribution in [0.25, 0.3) is 0 Å². The molecule has 0 aromatic carbocycles. The van der Waals surface area contributed by atoms with Crippen LogP contribution in [-0.2, 0) is 14.2 Å². The molecule has 0 bridgehead atoms. The predicted octanol–water partition coefficient (Wildman–Crippen LogP) is 2.90. The molecule has 5 saturated carbocycles. The normalized spacial score (nSPS) is 60.9. The number of fused-ring (bicyclic) bond motifs is 2. The lowest BCUT2D eigenvalue weighted by Crippen LogP contribution is -2.64.